The smallest absolute Gasteiger partial charge is 0.147 e. The van der Waals surface area contributed by atoms with Crippen molar-refractivity contribution < 1.29 is 19.4 Å². The van der Waals surface area contributed by atoms with Crippen molar-refractivity contribution in [1.82, 2.24) is 3.80 Å². The van der Waals surface area contributed by atoms with Crippen LogP contribution in [0.4, 0.5) is 0 Å². The van der Waals surface area contributed by atoms with Crippen molar-refractivity contribution in [2.45, 2.75) is 70.4 Å². The number of halogens is 2. The molecule has 0 aromatic heterocycles. The second-order valence-corrected chi connectivity index (χ2v) is 25.6. The van der Waals surface area contributed by atoms with E-state index in [4.69, 9.17) is 0 Å². The fourth-order valence-corrected chi connectivity index (χ4v) is 20.3. The Hall–Kier alpha value is 0.911. The molecule has 138 valence electrons. The third-order valence-corrected chi connectivity index (χ3v) is 17.6. The van der Waals surface area contributed by atoms with Crippen LogP contribution in [0.3, 0.4) is 0 Å². The van der Waals surface area contributed by atoms with Crippen LogP contribution in [0.2, 0.25) is 9.95 Å². The second-order valence-electron chi connectivity index (χ2n) is 8.56. The van der Waals surface area contributed by atoms with Gasteiger partial charge in [0.15, 0.2) is 0 Å². The van der Waals surface area contributed by atoms with Crippen LogP contribution in [0.25, 0.3) is 0 Å². The topological polar surface area (TPSA) is 32.3 Å². The number of hydrogen-bond acceptors (Lipinski definition) is 2. The minimum absolute atomic E-state index is 0. The summed E-state index contributed by atoms with van der Waals surface area (Å²) < 4.78 is 6.93. The Morgan fingerprint density at radius 3 is 1.91 bits per heavy atom. The predicted octanol–water partition coefficient (Wildman–Crippen LogP) is 4.48. The molecule has 1 unspecified atom stereocenters. The van der Waals surface area contributed by atoms with Crippen LogP contribution in [0, 0.1) is 5.92 Å². The van der Waals surface area contributed by atoms with Crippen molar-refractivity contribution in [2.24, 2.45) is 5.92 Å². The zero-order valence-corrected chi connectivity index (χ0v) is 20.8. The minimum Gasteiger partial charge on any atom is -0.147 e. The zero-order chi connectivity index (χ0) is 16.7. The van der Waals surface area contributed by atoms with Crippen LogP contribution in [0.15, 0.2) is 20.6 Å². The number of rotatable bonds is 5. The summed E-state index contributed by atoms with van der Waals surface area (Å²) in [4.78, 5) is 0. The maximum Gasteiger partial charge on any atom is -0.147 e. The van der Waals surface area contributed by atoms with E-state index in [0.717, 1.165) is 11.1 Å². The molecule has 0 heterocycles. The number of allylic oxidation sites excluding steroid dienone is 4. The summed E-state index contributed by atoms with van der Waals surface area (Å²) in [7, 11) is 2.25. The molecular weight excluding hydrogens is 381 g/mol. The van der Waals surface area contributed by atoms with E-state index in [2.05, 4.69) is 65.1 Å². The fraction of sp³-hybridized carbons (Fsp3) is 0.765. The maximum atomic E-state index is 9.40. The van der Waals surface area contributed by atoms with Crippen molar-refractivity contribution in [1.29, 1.82) is 0 Å². The third-order valence-electron chi connectivity index (χ3n) is 5.18. The van der Waals surface area contributed by atoms with E-state index >= 15 is 0 Å². The largest absolute Gasteiger partial charge is 0.147 e. The van der Waals surface area contributed by atoms with Gasteiger partial charge in [0, 0.05) is 0 Å². The van der Waals surface area contributed by atoms with Gasteiger partial charge < -0.3 is 0 Å². The first-order chi connectivity index (χ1) is 9.32. The Bertz CT molecular complexity index is 563. The molecule has 23 heavy (non-hydrogen) atoms. The van der Waals surface area contributed by atoms with E-state index < -0.39 is 14.3 Å². The standard InChI is InChI=1S/C9H13.C4H10N.C3H7O.CH3.2ClH.H2Si.Ti/c1-6-5-7(2)9(4)8(6)3;1-4(2,3)5;1-2-3-4;;;;;/h6H,1-4H3;5H,1-3H3;4H,1-3H2;1H3;2*1H;1H2;/q;-1;;;;;;+1. The quantitative estimate of drug-likeness (QED) is 0.646. The molecule has 2 N–H and O–H groups in total. The molecule has 6 heteroatoms. The summed E-state index contributed by atoms with van der Waals surface area (Å²) in [5.74, 6) is 0.554. The molecule has 0 saturated carbocycles. The normalized spacial score (nSPS) is 19.7. The molecule has 1 aliphatic rings. The Morgan fingerprint density at radius 2 is 1.61 bits per heavy atom. The van der Waals surface area contributed by atoms with E-state index in [1.807, 2.05) is 0 Å². The minimum atomic E-state index is -3.03. The molecule has 0 spiro atoms. The molecule has 0 bridgehead atoms. The van der Waals surface area contributed by atoms with E-state index in [0.29, 0.717) is 12.5 Å². The van der Waals surface area contributed by atoms with Gasteiger partial charge in [-0.15, -0.1) is 24.8 Å². The molecule has 1 atom stereocenters. The molecule has 0 saturated heterocycles. The monoisotopic (exact) mass is 417 g/mol. The van der Waals surface area contributed by atoms with Gasteiger partial charge in [0.05, 0.1) is 0 Å². The maximum absolute atomic E-state index is 9.40. The number of hydrogen-bond donors (Lipinski definition) is 2. The second kappa shape index (κ2) is 8.53. The summed E-state index contributed by atoms with van der Waals surface area (Å²) in [6, 6.07) is 0. The van der Waals surface area contributed by atoms with Gasteiger partial charge in [0.1, 0.15) is 0 Å². The van der Waals surface area contributed by atoms with Crippen molar-refractivity contribution in [3.8, 4) is 0 Å². The third kappa shape index (κ3) is 5.70. The van der Waals surface area contributed by atoms with Gasteiger partial charge in [-0.3, -0.25) is 0 Å². The summed E-state index contributed by atoms with van der Waals surface area (Å²) in [6.07, 6.45) is 0.905. The van der Waals surface area contributed by atoms with Crippen LogP contribution < -0.4 is 3.80 Å². The zero-order valence-electron chi connectivity index (χ0n) is 16.2. The van der Waals surface area contributed by atoms with Crippen molar-refractivity contribution >= 4 is 32.4 Å². The van der Waals surface area contributed by atoms with Crippen LogP contribution >= 0.6 is 24.8 Å². The first-order valence-corrected chi connectivity index (χ1v) is 16.4. The van der Waals surface area contributed by atoms with Gasteiger partial charge in [0.2, 0.25) is 0 Å². The number of aliphatic hydroxyl groups is 1. The Balaban J connectivity index is 0. The van der Waals surface area contributed by atoms with E-state index in [-0.39, 0.29) is 30.4 Å². The molecule has 1 aliphatic carbocycles. The summed E-state index contributed by atoms with van der Waals surface area (Å²) in [5, 5.41) is 11.9. The average Bonchev–Trinajstić information content (AvgIpc) is 2.49. The Kier molecular flexibility index (Phi) is 9.70. The summed E-state index contributed by atoms with van der Waals surface area (Å²) >= 11 is -3.03. The fourth-order valence-electron chi connectivity index (χ4n) is 4.46. The molecule has 0 fully saturated rings. The van der Waals surface area contributed by atoms with Crippen molar-refractivity contribution in [3.05, 3.63) is 20.6 Å². The van der Waals surface area contributed by atoms with Crippen molar-refractivity contribution in [2.75, 3.05) is 6.61 Å². The van der Waals surface area contributed by atoms with Gasteiger partial charge in [-0.25, -0.2) is 0 Å². The molecule has 0 aromatic carbocycles. The first-order valence-electron chi connectivity index (χ1n) is 8.18. The van der Waals surface area contributed by atoms with E-state index in [1.165, 1.54) is 16.7 Å². The van der Waals surface area contributed by atoms with Gasteiger partial charge in [-0.1, -0.05) is 0 Å². The van der Waals surface area contributed by atoms with Gasteiger partial charge in [-0.05, 0) is 0 Å². The molecule has 1 rings (SSSR count). The van der Waals surface area contributed by atoms with E-state index in [1.54, 1.807) is 3.88 Å². The van der Waals surface area contributed by atoms with Crippen LogP contribution in [0.5, 0.6) is 0 Å². The Morgan fingerprint density at radius 1 is 1.13 bits per heavy atom. The predicted molar refractivity (Wildman–Crippen MR) is 109 cm³/mol. The van der Waals surface area contributed by atoms with E-state index in [9.17, 15) is 5.11 Å². The molecule has 0 aromatic rings. The average molecular weight is 418 g/mol. The van der Waals surface area contributed by atoms with Gasteiger partial charge in [0.25, 0.3) is 0 Å². The SMILES string of the molecule is CC1=C(C)C(C)[C]([Ti]([CH3])(=[SiH2])([CH2]CCO)[NH]C(C)(C)C)=C1C.Cl.Cl. The summed E-state index contributed by atoms with van der Waals surface area (Å²) in [6.45, 7) is 16.3. The first kappa shape index (κ1) is 26.1. The molecule has 2 nitrogen and oxygen atoms in total. The number of aliphatic hydroxyl groups excluding tert-OH is 1. The molecule has 0 amide bonds. The Labute approximate surface area is 158 Å². The molecular formula is C17H37Cl2NOSiTi. The van der Waals surface area contributed by atoms with Crippen molar-refractivity contribution in [3.63, 3.8) is 0 Å². The van der Waals surface area contributed by atoms with Gasteiger partial charge in [-0.2, -0.15) is 0 Å². The van der Waals surface area contributed by atoms with Crippen LogP contribution in [0.1, 0.15) is 54.9 Å². The summed E-state index contributed by atoms with van der Waals surface area (Å²) in [5.41, 5.74) is 4.65. The molecule has 0 aliphatic heterocycles. The molecule has 0 radical (unpaired) electrons. The van der Waals surface area contributed by atoms with Crippen LogP contribution in [-0.4, -0.2) is 24.9 Å². The van der Waals surface area contributed by atoms with Gasteiger partial charge >= 0.3 is 134 Å². The van der Waals surface area contributed by atoms with Crippen LogP contribution in [-0.2, 0) is 14.3 Å². The number of nitrogens with one attached hydrogen (secondary N) is 1.